The Morgan fingerprint density at radius 3 is 2.56 bits per heavy atom. The van der Waals surface area contributed by atoms with Crippen LogP contribution in [0.1, 0.15) is 18.9 Å². The molecule has 1 fully saturated rings. The Bertz CT molecular complexity index is 969. The van der Waals surface area contributed by atoms with Crippen molar-refractivity contribution in [3.05, 3.63) is 58.4 Å². The van der Waals surface area contributed by atoms with Crippen LogP contribution in [0.2, 0.25) is 5.02 Å². The van der Waals surface area contributed by atoms with Crippen molar-refractivity contribution in [2.45, 2.75) is 31.5 Å². The molecule has 0 aromatic heterocycles. The number of aliphatic hydroxyl groups is 2. The number of carbonyl (C=O) groups is 1. The van der Waals surface area contributed by atoms with Gasteiger partial charge in [-0.15, -0.1) is 0 Å². The fourth-order valence-electron chi connectivity index (χ4n) is 3.57. The summed E-state index contributed by atoms with van der Waals surface area (Å²) in [4.78, 5) is 13.1. The lowest BCUT2D eigenvalue weighted by Gasteiger charge is -2.42. The summed E-state index contributed by atoms with van der Waals surface area (Å²) >= 11 is 5.65. The van der Waals surface area contributed by atoms with Crippen LogP contribution in [0.5, 0.6) is 5.75 Å². The number of hydrogen-bond acceptors (Lipinski definition) is 6. The van der Waals surface area contributed by atoms with Gasteiger partial charge in [0.15, 0.2) is 11.6 Å². The molecule has 10 heteroatoms. The zero-order valence-corrected chi connectivity index (χ0v) is 18.0. The predicted molar refractivity (Wildman–Crippen MR) is 111 cm³/mol. The van der Waals surface area contributed by atoms with E-state index in [9.17, 15) is 28.2 Å². The molecule has 2 aromatic carbocycles. The van der Waals surface area contributed by atoms with Crippen LogP contribution in [-0.4, -0.2) is 54.2 Å². The number of piperidine rings is 1. The molecule has 1 saturated heterocycles. The zero-order chi connectivity index (χ0) is 23.5. The van der Waals surface area contributed by atoms with Gasteiger partial charge in [0.1, 0.15) is 35.6 Å². The van der Waals surface area contributed by atoms with E-state index < -0.39 is 35.1 Å². The molecule has 1 aliphatic rings. The van der Waals surface area contributed by atoms with Crippen LogP contribution in [0.15, 0.2) is 30.3 Å². The van der Waals surface area contributed by atoms with Crippen molar-refractivity contribution in [1.29, 1.82) is 0 Å². The van der Waals surface area contributed by atoms with Crippen LogP contribution >= 0.6 is 11.6 Å². The minimum Gasteiger partial charge on any atom is -0.490 e. The highest BCUT2D eigenvalue weighted by Gasteiger charge is 2.42. The fourth-order valence-corrected chi connectivity index (χ4v) is 3.76. The van der Waals surface area contributed by atoms with Crippen LogP contribution in [0.25, 0.3) is 0 Å². The van der Waals surface area contributed by atoms with Gasteiger partial charge in [-0.2, -0.15) is 0 Å². The van der Waals surface area contributed by atoms with E-state index in [4.69, 9.17) is 21.1 Å². The fraction of sp³-hybridized carbons (Fsp3) is 0.409. The first kappa shape index (κ1) is 24.2. The number of β-amino-alcohol motifs (C(OH)–C–C–N with tert-alkyl or cyclic N) is 1. The van der Waals surface area contributed by atoms with E-state index in [0.717, 1.165) is 24.3 Å². The Hall–Kier alpha value is -2.49. The normalized spacial score (nSPS) is 20.8. The molecule has 174 valence electrons. The van der Waals surface area contributed by atoms with Gasteiger partial charge in [-0.25, -0.2) is 13.2 Å². The molecule has 2 aromatic rings. The lowest BCUT2D eigenvalue weighted by atomic mass is 9.89. The molecule has 2 N–H and O–H groups in total. The first-order chi connectivity index (χ1) is 15.1. The van der Waals surface area contributed by atoms with E-state index in [0.29, 0.717) is 0 Å². The molecule has 0 aliphatic carbocycles. The number of aliphatic hydroxyl groups excluding tert-OH is 1. The second-order valence-corrected chi connectivity index (χ2v) is 7.99. The van der Waals surface area contributed by atoms with Crippen LogP contribution in [0, 0.1) is 17.5 Å². The largest absolute Gasteiger partial charge is 0.490 e. The molecule has 0 amide bonds. The SMILES string of the molecule is CCOC(=O)Cc1cc(F)ccc1OC[C@]1(O)CCN(c2c(F)cc(Cl)cc2F)C[C@H]1O. The van der Waals surface area contributed by atoms with Gasteiger partial charge in [0.25, 0.3) is 0 Å². The number of rotatable bonds is 7. The summed E-state index contributed by atoms with van der Waals surface area (Å²) in [5.41, 5.74) is -1.85. The summed E-state index contributed by atoms with van der Waals surface area (Å²) in [6.07, 6.45) is -1.70. The molecule has 0 spiro atoms. The summed E-state index contributed by atoms with van der Waals surface area (Å²) in [7, 11) is 0. The molecule has 32 heavy (non-hydrogen) atoms. The minimum atomic E-state index is -1.73. The topological polar surface area (TPSA) is 79.2 Å². The Kier molecular flexibility index (Phi) is 7.53. The van der Waals surface area contributed by atoms with Crippen molar-refractivity contribution in [3.8, 4) is 5.75 Å². The van der Waals surface area contributed by atoms with Gasteiger partial charge >= 0.3 is 5.97 Å². The first-order valence-corrected chi connectivity index (χ1v) is 10.4. The van der Waals surface area contributed by atoms with Crippen LogP contribution in [0.4, 0.5) is 18.9 Å². The van der Waals surface area contributed by atoms with Crippen molar-refractivity contribution >= 4 is 23.3 Å². The molecule has 0 unspecified atom stereocenters. The lowest BCUT2D eigenvalue weighted by molar-refractivity contribution is -0.142. The van der Waals surface area contributed by atoms with Crippen molar-refractivity contribution < 1.29 is 37.7 Å². The van der Waals surface area contributed by atoms with E-state index in [-0.39, 0.29) is 61.2 Å². The molecular formula is C22H23ClF3NO5. The Balaban J connectivity index is 1.70. The predicted octanol–water partition coefficient (Wildman–Crippen LogP) is 3.24. The minimum absolute atomic E-state index is 0.0332. The maximum atomic E-state index is 14.2. The third kappa shape index (κ3) is 5.46. The van der Waals surface area contributed by atoms with Crippen LogP contribution < -0.4 is 9.64 Å². The van der Waals surface area contributed by atoms with Gasteiger partial charge in [0, 0.05) is 23.7 Å². The third-order valence-electron chi connectivity index (χ3n) is 5.27. The molecule has 1 aliphatic heterocycles. The van der Waals surface area contributed by atoms with Crippen molar-refractivity contribution in [2.24, 2.45) is 0 Å². The number of halogens is 4. The number of anilines is 1. The first-order valence-electron chi connectivity index (χ1n) is 9.99. The van der Waals surface area contributed by atoms with E-state index in [1.807, 2.05) is 0 Å². The maximum absolute atomic E-state index is 14.2. The summed E-state index contributed by atoms with van der Waals surface area (Å²) < 4.78 is 52.6. The van der Waals surface area contributed by atoms with E-state index >= 15 is 0 Å². The molecule has 6 nitrogen and oxygen atoms in total. The molecule has 0 bridgehead atoms. The Labute approximate surface area is 188 Å². The Morgan fingerprint density at radius 2 is 1.94 bits per heavy atom. The number of hydrogen-bond donors (Lipinski definition) is 2. The highest BCUT2D eigenvalue weighted by molar-refractivity contribution is 6.30. The number of esters is 1. The van der Waals surface area contributed by atoms with Crippen molar-refractivity contribution in [2.75, 3.05) is 31.2 Å². The van der Waals surface area contributed by atoms with Gasteiger partial charge in [-0.1, -0.05) is 11.6 Å². The third-order valence-corrected chi connectivity index (χ3v) is 5.48. The quantitative estimate of drug-likeness (QED) is 0.601. The van der Waals surface area contributed by atoms with Gasteiger partial charge in [0.05, 0.1) is 13.0 Å². The van der Waals surface area contributed by atoms with Crippen molar-refractivity contribution in [3.63, 3.8) is 0 Å². The van der Waals surface area contributed by atoms with E-state index in [2.05, 4.69) is 0 Å². The van der Waals surface area contributed by atoms with Gasteiger partial charge in [0.2, 0.25) is 0 Å². The maximum Gasteiger partial charge on any atom is 0.310 e. The molecular weight excluding hydrogens is 451 g/mol. The lowest BCUT2D eigenvalue weighted by Crippen LogP contribution is -2.58. The number of nitrogens with zero attached hydrogens (tertiary/aromatic N) is 1. The average Bonchev–Trinajstić information content (AvgIpc) is 2.70. The van der Waals surface area contributed by atoms with Crippen LogP contribution in [-0.2, 0) is 16.0 Å². The smallest absolute Gasteiger partial charge is 0.310 e. The zero-order valence-electron chi connectivity index (χ0n) is 17.3. The Morgan fingerprint density at radius 1 is 1.25 bits per heavy atom. The second-order valence-electron chi connectivity index (χ2n) is 7.56. The summed E-state index contributed by atoms with van der Waals surface area (Å²) in [5, 5.41) is 21.3. The van der Waals surface area contributed by atoms with E-state index in [1.54, 1.807) is 6.92 Å². The highest BCUT2D eigenvalue weighted by Crippen LogP contribution is 2.33. The summed E-state index contributed by atoms with van der Waals surface area (Å²) in [6.45, 7) is 1.21. The molecule has 2 atom stereocenters. The summed E-state index contributed by atoms with van der Waals surface area (Å²) in [6, 6.07) is 5.51. The van der Waals surface area contributed by atoms with Gasteiger partial charge < -0.3 is 24.6 Å². The van der Waals surface area contributed by atoms with Crippen LogP contribution in [0.3, 0.4) is 0 Å². The molecule has 3 rings (SSSR count). The number of carbonyl (C=O) groups excluding carboxylic acids is 1. The van der Waals surface area contributed by atoms with E-state index in [1.165, 1.54) is 11.0 Å². The number of benzene rings is 2. The van der Waals surface area contributed by atoms with Crippen molar-refractivity contribution in [1.82, 2.24) is 0 Å². The standard InChI is InChI=1S/C22H23ClF3NO5/c1-2-31-20(29)8-13-7-15(24)3-4-18(13)32-12-22(30)5-6-27(11-19(22)28)21-16(25)9-14(23)10-17(21)26/h3-4,7,9-10,19,28,30H,2,5-6,8,11-12H2,1H3/t19-,22-/m1/s1. The van der Waals surface area contributed by atoms with Gasteiger partial charge in [-0.3, -0.25) is 4.79 Å². The molecule has 0 saturated carbocycles. The van der Waals surface area contributed by atoms with Gasteiger partial charge in [-0.05, 0) is 43.7 Å². The molecule has 1 heterocycles. The average molecular weight is 474 g/mol. The monoisotopic (exact) mass is 473 g/mol. The second kappa shape index (κ2) is 9.97. The highest BCUT2D eigenvalue weighted by atomic mass is 35.5. The summed E-state index contributed by atoms with van der Waals surface area (Å²) in [5.74, 6) is -2.74. The molecule has 0 radical (unpaired) electrons. The number of ether oxygens (including phenoxy) is 2.